The molecule has 0 aliphatic carbocycles. The molecule has 0 aromatic heterocycles. The van der Waals surface area contributed by atoms with Gasteiger partial charge in [-0.25, -0.2) is 0 Å². The van der Waals surface area contributed by atoms with Gasteiger partial charge in [0.1, 0.15) is 0 Å². The summed E-state index contributed by atoms with van der Waals surface area (Å²) in [5.41, 5.74) is 1.19. The highest BCUT2D eigenvalue weighted by Crippen LogP contribution is 2.31. The van der Waals surface area contributed by atoms with Crippen molar-refractivity contribution in [1.29, 1.82) is 0 Å². The first-order valence-electron chi connectivity index (χ1n) is 6.00. The van der Waals surface area contributed by atoms with Crippen molar-refractivity contribution in [3.8, 4) is 0 Å². The third-order valence-electron chi connectivity index (χ3n) is 3.56. The van der Waals surface area contributed by atoms with Gasteiger partial charge >= 0.3 is 5.97 Å². The lowest BCUT2D eigenvalue weighted by atomic mass is 9.77. The van der Waals surface area contributed by atoms with Crippen LogP contribution in [0.25, 0.3) is 0 Å². The van der Waals surface area contributed by atoms with Crippen molar-refractivity contribution in [3.05, 3.63) is 35.4 Å². The number of hydrogen-bond donors (Lipinski definition) is 2. The summed E-state index contributed by atoms with van der Waals surface area (Å²) >= 11 is 0. The highest BCUT2D eigenvalue weighted by atomic mass is 16.4. The number of aliphatic hydroxyl groups excluding tert-OH is 1. The molecule has 0 spiro atoms. The molecule has 2 N–H and O–H groups in total. The average Bonchev–Trinajstić information content (AvgIpc) is 2.36. The van der Waals surface area contributed by atoms with E-state index >= 15 is 0 Å². The molecular weight excluding hydrogens is 216 g/mol. The van der Waals surface area contributed by atoms with Crippen LogP contribution in [-0.4, -0.2) is 16.2 Å². The Hall–Kier alpha value is -1.35. The van der Waals surface area contributed by atoms with E-state index in [9.17, 15) is 9.90 Å². The Kier molecular flexibility index (Phi) is 4.70. The van der Waals surface area contributed by atoms with Crippen LogP contribution >= 0.6 is 0 Å². The Morgan fingerprint density at radius 1 is 1.12 bits per heavy atom. The number of carbonyl (C=O) groups is 1. The van der Waals surface area contributed by atoms with E-state index in [-0.39, 0.29) is 6.61 Å². The first-order chi connectivity index (χ1) is 8.07. The third-order valence-corrected chi connectivity index (χ3v) is 3.56. The Morgan fingerprint density at radius 3 is 1.94 bits per heavy atom. The van der Waals surface area contributed by atoms with Crippen molar-refractivity contribution in [2.75, 3.05) is 0 Å². The fraction of sp³-hybridized carbons (Fsp3) is 0.500. The molecule has 3 heteroatoms. The summed E-state index contributed by atoms with van der Waals surface area (Å²) in [5.74, 6) is -0.728. The quantitative estimate of drug-likeness (QED) is 0.798. The third kappa shape index (κ3) is 3.07. The van der Waals surface area contributed by atoms with Crippen LogP contribution in [0.3, 0.4) is 0 Å². The second kappa shape index (κ2) is 5.82. The van der Waals surface area contributed by atoms with Crippen molar-refractivity contribution in [2.24, 2.45) is 5.41 Å². The zero-order valence-corrected chi connectivity index (χ0v) is 10.4. The molecule has 0 saturated heterocycles. The van der Waals surface area contributed by atoms with E-state index in [4.69, 9.17) is 5.11 Å². The monoisotopic (exact) mass is 236 g/mol. The van der Waals surface area contributed by atoms with Crippen molar-refractivity contribution in [2.45, 2.75) is 39.7 Å². The molecule has 17 heavy (non-hydrogen) atoms. The maximum atomic E-state index is 11.4. The molecule has 0 bridgehead atoms. The zero-order valence-electron chi connectivity index (χ0n) is 10.4. The van der Waals surface area contributed by atoms with E-state index in [2.05, 4.69) is 0 Å². The van der Waals surface area contributed by atoms with E-state index in [0.29, 0.717) is 19.3 Å². The Balaban J connectivity index is 2.89. The van der Waals surface area contributed by atoms with Crippen LogP contribution in [0, 0.1) is 5.41 Å². The molecule has 0 saturated carbocycles. The molecule has 1 aromatic carbocycles. The van der Waals surface area contributed by atoms with E-state index in [1.165, 1.54) is 0 Å². The molecule has 0 heterocycles. The summed E-state index contributed by atoms with van der Waals surface area (Å²) in [6.45, 7) is 3.85. The summed E-state index contributed by atoms with van der Waals surface area (Å²) in [6.07, 6.45) is 1.79. The van der Waals surface area contributed by atoms with Gasteiger partial charge < -0.3 is 10.2 Å². The molecule has 1 rings (SSSR count). The van der Waals surface area contributed by atoms with Gasteiger partial charge in [-0.3, -0.25) is 4.79 Å². The van der Waals surface area contributed by atoms with Gasteiger partial charge in [0, 0.05) is 0 Å². The topological polar surface area (TPSA) is 57.5 Å². The van der Waals surface area contributed by atoms with Crippen LogP contribution in [0.4, 0.5) is 0 Å². The summed E-state index contributed by atoms with van der Waals surface area (Å²) < 4.78 is 0. The number of aliphatic hydroxyl groups is 1. The first kappa shape index (κ1) is 13.7. The molecular formula is C14H20O3. The fourth-order valence-electron chi connectivity index (χ4n) is 2.03. The van der Waals surface area contributed by atoms with E-state index in [1.54, 1.807) is 0 Å². The van der Waals surface area contributed by atoms with Gasteiger partial charge in [-0.2, -0.15) is 0 Å². The number of aliphatic carboxylic acids is 1. The van der Waals surface area contributed by atoms with Crippen molar-refractivity contribution in [3.63, 3.8) is 0 Å². The Morgan fingerprint density at radius 2 is 1.59 bits per heavy atom. The summed E-state index contributed by atoms with van der Waals surface area (Å²) in [4.78, 5) is 11.4. The number of hydrogen-bond acceptors (Lipinski definition) is 2. The lowest BCUT2D eigenvalue weighted by Gasteiger charge is -2.26. The van der Waals surface area contributed by atoms with Crippen LogP contribution < -0.4 is 0 Å². The van der Waals surface area contributed by atoms with Gasteiger partial charge in [-0.05, 0) is 30.4 Å². The van der Waals surface area contributed by atoms with Gasteiger partial charge in [-0.15, -0.1) is 0 Å². The second-order valence-corrected chi connectivity index (χ2v) is 4.44. The molecule has 0 amide bonds. The maximum Gasteiger partial charge on any atom is 0.309 e. The Labute approximate surface area is 102 Å². The zero-order chi connectivity index (χ0) is 12.9. The van der Waals surface area contributed by atoms with E-state index in [1.807, 2.05) is 38.1 Å². The summed E-state index contributed by atoms with van der Waals surface area (Å²) in [6, 6.07) is 7.48. The number of carboxylic acids is 1. The minimum absolute atomic E-state index is 0.0198. The lowest BCUT2D eigenvalue weighted by molar-refractivity contribution is -0.149. The SMILES string of the molecule is CCC(CC)(Cc1ccc(CO)cc1)C(=O)O. The smallest absolute Gasteiger partial charge is 0.309 e. The fourth-order valence-corrected chi connectivity index (χ4v) is 2.03. The van der Waals surface area contributed by atoms with Crippen LogP contribution in [0.15, 0.2) is 24.3 Å². The van der Waals surface area contributed by atoms with Gasteiger partial charge in [0.15, 0.2) is 0 Å². The number of rotatable bonds is 6. The second-order valence-electron chi connectivity index (χ2n) is 4.44. The highest BCUT2D eigenvalue weighted by molar-refractivity contribution is 5.75. The number of carboxylic acid groups (broad SMARTS) is 1. The Bertz CT molecular complexity index is 364. The number of benzene rings is 1. The molecule has 0 fully saturated rings. The predicted octanol–water partition coefficient (Wildman–Crippen LogP) is 2.61. The molecule has 3 nitrogen and oxygen atoms in total. The highest BCUT2D eigenvalue weighted by Gasteiger charge is 2.34. The lowest BCUT2D eigenvalue weighted by Crippen LogP contribution is -2.32. The molecule has 1 aromatic rings. The van der Waals surface area contributed by atoms with Crippen LogP contribution in [0.5, 0.6) is 0 Å². The maximum absolute atomic E-state index is 11.4. The van der Waals surface area contributed by atoms with Gasteiger partial charge in [0.25, 0.3) is 0 Å². The van der Waals surface area contributed by atoms with Crippen LogP contribution in [0.1, 0.15) is 37.8 Å². The summed E-state index contributed by atoms with van der Waals surface area (Å²) in [5, 5.41) is 18.3. The van der Waals surface area contributed by atoms with Crippen molar-refractivity contribution in [1.82, 2.24) is 0 Å². The van der Waals surface area contributed by atoms with Gasteiger partial charge in [-0.1, -0.05) is 38.1 Å². The minimum atomic E-state index is -0.728. The largest absolute Gasteiger partial charge is 0.481 e. The van der Waals surface area contributed by atoms with Crippen molar-refractivity contribution < 1.29 is 15.0 Å². The van der Waals surface area contributed by atoms with Crippen LogP contribution in [0.2, 0.25) is 0 Å². The molecule has 0 atom stereocenters. The minimum Gasteiger partial charge on any atom is -0.481 e. The molecule has 94 valence electrons. The molecule has 0 aliphatic heterocycles. The average molecular weight is 236 g/mol. The van der Waals surface area contributed by atoms with Gasteiger partial charge in [0.05, 0.1) is 12.0 Å². The molecule has 0 radical (unpaired) electrons. The van der Waals surface area contributed by atoms with Crippen LogP contribution in [-0.2, 0) is 17.8 Å². The summed E-state index contributed by atoms with van der Waals surface area (Å²) in [7, 11) is 0. The molecule has 0 unspecified atom stereocenters. The van der Waals surface area contributed by atoms with E-state index < -0.39 is 11.4 Å². The van der Waals surface area contributed by atoms with Gasteiger partial charge in [0.2, 0.25) is 0 Å². The van der Waals surface area contributed by atoms with Crippen molar-refractivity contribution >= 4 is 5.97 Å². The predicted molar refractivity (Wildman–Crippen MR) is 66.7 cm³/mol. The normalized spacial score (nSPS) is 11.5. The molecule has 0 aliphatic rings. The first-order valence-corrected chi connectivity index (χ1v) is 6.00. The van der Waals surface area contributed by atoms with E-state index in [0.717, 1.165) is 11.1 Å². The standard InChI is InChI=1S/C14H20O3/c1-3-14(4-2,13(16)17)9-11-5-7-12(10-15)8-6-11/h5-8,15H,3-4,9-10H2,1-2H3,(H,16,17).